The third-order valence-electron chi connectivity index (χ3n) is 4.62. The van der Waals surface area contributed by atoms with Gasteiger partial charge in [-0.1, -0.05) is 50.1 Å². The van der Waals surface area contributed by atoms with E-state index in [0.29, 0.717) is 31.7 Å². The standard InChI is InChI=1S/C24H31NO4/c1-3-5-9-21(24(27)28-4-2)18-19-12-14-22(15-13-19)29-17-16-25-23(26)20-10-7-6-8-11-20/h6-8,10-15,21H,3-5,9,16-18H2,1-2H3,(H,25,26). The lowest BCUT2D eigenvalue weighted by Crippen LogP contribution is -2.28. The molecule has 0 spiro atoms. The Labute approximate surface area is 173 Å². The lowest BCUT2D eigenvalue weighted by atomic mass is 9.94. The van der Waals surface area contributed by atoms with Crippen LogP contribution in [0.3, 0.4) is 0 Å². The molecule has 0 fully saturated rings. The Morgan fingerprint density at radius 1 is 1.00 bits per heavy atom. The predicted molar refractivity (Wildman–Crippen MR) is 114 cm³/mol. The highest BCUT2D eigenvalue weighted by atomic mass is 16.5. The zero-order valence-electron chi connectivity index (χ0n) is 17.4. The van der Waals surface area contributed by atoms with E-state index in [4.69, 9.17) is 9.47 Å². The molecule has 0 radical (unpaired) electrons. The van der Waals surface area contributed by atoms with Crippen molar-refractivity contribution in [1.82, 2.24) is 5.32 Å². The van der Waals surface area contributed by atoms with E-state index < -0.39 is 0 Å². The van der Waals surface area contributed by atoms with Gasteiger partial charge in [0.05, 0.1) is 19.1 Å². The second-order valence-corrected chi connectivity index (χ2v) is 6.91. The molecular weight excluding hydrogens is 366 g/mol. The van der Waals surface area contributed by atoms with Gasteiger partial charge in [-0.15, -0.1) is 0 Å². The number of nitrogens with one attached hydrogen (secondary N) is 1. The number of ether oxygens (including phenoxy) is 2. The summed E-state index contributed by atoms with van der Waals surface area (Å²) in [6.45, 7) is 5.19. The van der Waals surface area contributed by atoms with Gasteiger partial charge in [0.15, 0.2) is 0 Å². The number of esters is 1. The van der Waals surface area contributed by atoms with Gasteiger partial charge >= 0.3 is 5.97 Å². The summed E-state index contributed by atoms with van der Waals surface area (Å²) in [5.74, 6) is 0.413. The number of unbranched alkanes of at least 4 members (excludes halogenated alkanes) is 1. The first-order valence-electron chi connectivity index (χ1n) is 10.4. The topological polar surface area (TPSA) is 64.6 Å². The van der Waals surface area contributed by atoms with Crippen molar-refractivity contribution in [3.8, 4) is 5.75 Å². The zero-order chi connectivity index (χ0) is 20.9. The van der Waals surface area contributed by atoms with Crippen molar-refractivity contribution in [2.24, 2.45) is 5.92 Å². The van der Waals surface area contributed by atoms with E-state index in [1.807, 2.05) is 49.4 Å². The Morgan fingerprint density at radius 3 is 2.38 bits per heavy atom. The van der Waals surface area contributed by atoms with Gasteiger partial charge in [0.25, 0.3) is 5.91 Å². The van der Waals surface area contributed by atoms with Crippen LogP contribution in [-0.2, 0) is 16.0 Å². The molecule has 5 heteroatoms. The third kappa shape index (κ3) is 7.98. The highest BCUT2D eigenvalue weighted by molar-refractivity contribution is 5.94. The lowest BCUT2D eigenvalue weighted by Gasteiger charge is -2.15. The van der Waals surface area contributed by atoms with Crippen molar-refractivity contribution < 1.29 is 19.1 Å². The molecule has 5 nitrogen and oxygen atoms in total. The van der Waals surface area contributed by atoms with E-state index in [-0.39, 0.29) is 17.8 Å². The molecule has 0 heterocycles. The zero-order valence-corrected chi connectivity index (χ0v) is 17.4. The fraction of sp³-hybridized carbons (Fsp3) is 0.417. The average molecular weight is 398 g/mol. The minimum Gasteiger partial charge on any atom is -0.492 e. The molecule has 1 N–H and O–H groups in total. The summed E-state index contributed by atoms with van der Waals surface area (Å²) in [5.41, 5.74) is 1.72. The Kier molecular flexibility index (Phi) is 9.76. The number of hydrogen-bond donors (Lipinski definition) is 1. The van der Waals surface area contributed by atoms with Gasteiger partial charge in [-0.05, 0) is 49.6 Å². The highest BCUT2D eigenvalue weighted by Gasteiger charge is 2.19. The molecule has 2 rings (SSSR count). The summed E-state index contributed by atoms with van der Waals surface area (Å²) in [7, 11) is 0. The second-order valence-electron chi connectivity index (χ2n) is 6.91. The summed E-state index contributed by atoms with van der Waals surface area (Å²) in [6.07, 6.45) is 3.59. The maximum absolute atomic E-state index is 12.2. The molecule has 0 bridgehead atoms. The number of benzene rings is 2. The molecule has 0 aliphatic heterocycles. The number of hydrogen-bond acceptors (Lipinski definition) is 4. The molecule has 1 amide bonds. The molecular formula is C24H31NO4. The van der Waals surface area contributed by atoms with Crippen molar-refractivity contribution in [3.05, 3.63) is 65.7 Å². The van der Waals surface area contributed by atoms with Crippen LogP contribution in [0.2, 0.25) is 0 Å². The monoisotopic (exact) mass is 397 g/mol. The van der Waals surface area contributed by atoms with Crippen molar-refractivity contribution in [3.63, 3.8) is 0 Å². The number of carbonyl (C=O) groups is 2. The van der Waals surface area contributed by atoms with Crippen LogP contribution in [0.5, 0.6) is 5.75 Å². The molecule has 0 saturated carbocycles. The summed E-state index contributed by atoms with van der Waals surface area (Å²) in [5, 5.41) is 2.84. The Hall–Kier alpha value is -2.82. The van der Waals surface area contributed by atoms with Gasteiger partial charge in [-0.3, -0.25) is 9.59 Å². The molecule has 0 aliphatic rings. The minimum atomic E-state index is -0.115. The summed E-state index contributed by atoms with van der Waals surface area (Å²) in [6, 6.07) is 16.9. The minimum absolute atomic E-state index is 0.102. The Balaban J connectivity index is 1.78. The van der Waals surface area contributed by atoms with Crippen LogP contribution in [0.25, 0.3) is 0 Å². The van der Waals surface area contributed by atoms with Crippen molar-refractivity contribution in [2.75, 3.05) is 19.8 Å². The molecule has 29 heavy (non-hydrogen) atoms. The highest BCUT2D eigenvalue weighted by Crippen LogP contribution is 2.19. The van der Waals surface area contributed by atoms with Crippen molar-refractivity contribution >= 4 is 11.9 Å². The quantitative estimate of drug-likeness (QED) is 0.426. The average Bonchev–Trinajstić information content (AvgIpc) is 2.75. The van der Waals surface area contributed by atoms with Gasteiger partial charge in [0.2, 0.25) is 0 Å². The van der Waals surface area contributed by atoms with Crippen LogP contribution >= 0.6 is 0 Å². The molecule has 156 valence electrons. The van der Waals surface area contributed by atoms with Gasteiger partial charge in [0.1, 0.15) is 12.4 Å². The lowest BCUT2D eigenvalue weighted by molar-refractivity contribution is -0.148. The van der Waals surface area contributed by atoms with Crippen molar-refractivity contribution in [2.45, 2.75) is 39.5 Å². The van der Waals surface area contributed by atoms with E-state index in [1.54, 1.807) is 12.1 Å². The van der Waals surface area contributed by atoms with Crippen molar-refractivity contribution in [1.29, 1.82) is 0 Å². The van der Waals surface area contributed by atoms with E-state index in [0.717, 1.165) is 30.6 Å². The molecule has 1 atom stereocenters. The van der Waals surface area contributed by atoms with E-state index in [9.17, 15) is 9.59 Å². The molecule has 1 unspecified atom stereocenters. The van der Waals surface area contributed by atoms with E-state index in [1.165, 1.54) is 0 Å². The molecule has 0 aromatic heterocycles. The number of carbonyl (C=O) groups excluding carboxylic acids is 2. The molecule has 0 aliphatic carbocycles. The smallest absolute Gasteiger partial charge is 0.309 e. The first-order chi connectivity index (χ1) is 14.1. The van der Waals surface area contributed by atoms with Crippen LogP contribution < -0.4 is 10.1 Å². The number of rotatable bonds is 12. The van der Waals surface area contributed by atoms with Gasteiger partial charge in [0, 0.05) is 5.56 Å². The first-order valence-corrected chi connectivity index (χ1v) is 10.4. The summed E-state index contributed by atoms with van der Waals surface area (Å²) < 4.78 is 10.9. The maximum Gasteiger partial charge on any atom is 0.309 e. The van der Waals surface area contributed by atoms with E-state index in [2.05, 4.69) is 12.2 Å². The van der Waals surface area contributed by atoms with Gasteiger partial charge in [-0.2, -0.15) is 0 Å². The fourth-order valence-corrected chi connectivity index (χ4v) is 3.05. The fourth-order valence-electron chi connectivity index (χ4n) is 3.05. The largest absolute Gasteiger partial charge is 0.492 e. The molecule has 0 saturated heterocycles. The predicted octanol–water partition coefficient (Wildman–Crippen LogP) is 4.41. The normalized spacial score (nSPS) is 11.5. The molecule has 2 aromatic rings. The maximum atomic E-state index is 12.2. The molecule has 2 aromatic carbocycles. The van der Waals surface area contributed by atoms with Crippen LogP contribution in [0.15, 0.2) is 54.6 Å². The second kappa shape index (κ2) is 12.6. The Bertz CT molecular complexity index is 743. The number of amides is 1. The van der Waals surface area contributed by atoms with Gasteiger partial charge in [-0.25, -0.2) is 0 Å². The van der Waals surface area contributed by atoms with Crippen LogP contribution in [0.4, 0.5) is 0 Å². The summed E-state index contributed by atoms with van der Waals surface area (Å²) in [4.78, 5) is 24.1. The third-order valence-corrected chi connectivity index (χ3v) is 4.62. The first kappa shape index (κ1) is 22.5. The Morgan fingerprint density at radius 2 is 1.72 bits per heavy atom. The van der Waals surface area contributed by atoms with Crippen LogP contribution in [0.1, 0.15) is 49.0 Å². The van der Waals surface area contributed by atoms with E-state index >= 15 is 0 Å². The summed E-state index contributed by atoms with van der Waals surface area (Å²) >= 11 is 0. The van der Waals surface area contributed by atoms with Crippen LogP contribution in [0, 0.1) is 5.92 Å². The SMILES string of the molecule is CCCCC(Cc1ccc(OCCNC(=O)c2ccccc2)cc1)C(=O)OCC. The van der Waals surface area contributed by atoms with Crippen LogP contribution in [-0.4, -0.2) is 31.6 Å². The van der Waals surface area contributed by atoms with Gasteiger partial charge < -0.3 is 14.8 Å².